The van der Waals surface area contributed by atoms with Crippen molar-refractivity contribution in [3.63, 3.8) is 0 Å². The van der Waals surface area contributed by atoms with Gasteiger partial charge in [0, 0.05) is 0 Å². The van der Waals surface area contributed by atoms with E-state index in [0.717, 1.165) is 14.2 Å². The van der Waals surface area contributed by atoms with E-state index in [2.05, 4.69) is 54.2 Å². The van der Waals surface area contributed by atoms with Crippen LogP contribution in [-0.4, -0.2) is 5.91 Å². The Morgan fingerprint density at radius 1 is 1.15 bits per heavy atom. The number of carbonyl (C=O) groups is 1. The minimum atomic E-state index is -0.0501. The molecule has 1 unspecified atom stereocenters. The van der Waals surface area contributed by atoms with Crippen LogP contribution in [0.15, 0.2) is 46.3 Å². The zero-order chi connectivity index (χ0) is 14.8. The van der Waals surface area contributed by atoms with Crippen LogP contribution in [0.1, 0.15) is 42.0 Å². The van der Waals surface area contributed by atoms with Gasteiger partial charge in [-0.15, -0.1) is 11.3 Å². The van der Waals surface area contributed by atoms with Crippen molar-refractivity contribution in [2.24, 2.45) is 5.41 Å². The lowest BCUT2D eigenvalue weighted by Crippen LogP contribution is -2.36. The molecule has 1 aromatic heterocycles. The highest BCUT2D eigenvalue weighted by molar-refractivity contribution is 9.11. The Kier molecular flexibility index (Phi) is 4.66. The predicted octanol–water partition coefficient (Wildman–Crippen LogP) is 5.03. The van der Waals surface area contributed by atoms with E-state index in [0.29, 0.717) is 0 Å². The third kappa shape index (κ3) is 3.70. The van der Waals surface area contributed by atoms with Gasteiger partial charge in [0.1, 0.15) is 0 Å². The summed E-state index contributed by atoms with van der Waals surface area (Å²) in [6.07, 6.45) is 0. The molecule has 0 fully saturated rings. The van der Waals surface area contributed by atoms with Crippen LogP contribution in [-0.2, 0) is 0 Å². The zero-order valence-electron chi connectivity index (χ0n) is 11.8. The van der Waals surface area contributed by atoms with Crippen molar-refractivity contribution in [1.82, 2.24) is 5.32 Å². The third-order valence-corrected chi connectivity index (χ3v) is 4.69. The normalized spacial score (nSPS) is 13.0. The highest BCUT2D eigenvalue weighted by atomic mass is 79.9. The number of benzene rings is 1. The maximum atomic E-state index is 12.4. The van der Waals surface area contributed by atoms with Crippen LogP contribution >= 0.6 is 27.3 Å². The average Bonchev–Trinajstić information content (AvgIpc) is 2.82. The van der Waals surface area contributed by atoms with Gasteiger partial charge >= 0.3 is 0 Å². The Bertz CT molecular complexity index is 586. The molecule has 1 heterocycles. The SMILES string of the molecule is CC(C)(C)C(NC(=O)c1ccc(Br)s1)c1ccccc1. The van der Waals surface area contributed by atoms with Crippen LogP contribution in [0.4, 0.5) is 0 Å². The summed E-state index contributed by atoms with van der Waals surface area (Å²) in [5, 5.41) is 3.15. The van der Waals surface area contributed by atoms with E-state index in [1.807, 2.05) is 30.3 Å². The van der Waals surface area contributed by atoms with Crippen molar-refractivity contribution in [3.05, 3.63) is 56.7 Å². The fraction of sp³-hybridized carbons (Fsp3) is 0.312. The van der Waals surface area contributed by atoms with Gasteiger partial charge in [0.15, 0.2) is 0 Å². The average molecular weight is 352 g/mol. The number of nitrogens with one attached hydrogen (secondary N) is 1. The van der Waals surface area contributed by atoms with E-state index in [4.69, 9.17) is 0 Å². The largest absolute Gasteiger partial charge is 0.344 e. The molecule has 106 valence electrons. The molecule has 0 spiro atoms. The molecule has 0 saturated carbocycles. The van der Waals surface area contributed by atoms with Gasteiger partial charge in [-0.3, -0.25) is 4.79 Å². The number of rotatable bonds is 3. The first kappa shape index (κ1) is 15.3. The van der Waals surface area contributed by atoms with Gasteiger partial charge < -0.3 is 5.32 Å². The Hall–Kier alpha value is -1.13. The molecule has 1 amide bonds. The van der Waals surface area contributed by atoms with Crippen molar-refractivity contribution in [3.8, 4) is 0 Å². The minimum absolute atomic E-state index is 0.0166. The second-order valence-electron chi connectivity index (χ2n) is 5.79. The van der Waals surface area contributed by atoms with Gasteiger partial charge in [0.25, 0.3) is 5.91 Å². The first-order valence-electron chi connectivity index (χ1n) is 6.49. The summed E-state index contributed by atoms with van der Waals surface area (Å²) in [7, 11) is 0. The van der Waals surface area contributed by atoms with Crippen molar-refractivity contribution < 1.29 is 4.79 Å². The Morgan fingerprint density at radius 2 is 1.80 bits per heavy atom. The van der Waals surface area contributed by atoms with Gasteiger partial charge in [0.05, 0.1) is 14.7 Å². The molecule has 4 heteroatoms. The molecule has 2 aromatic rings. The molecule has 20 heavy (non-hydrogen) atoms. The molecule has 0 aliphatic rings. The first-order chi connectivity index (χ1) is 9.38. The zero-order valence-corrected chi connectivity index (χ0v) is 14.2. The van der Waals surface area contributed by atoms with Crippen molar-refractivity contribution >= 4 is 33.2 Å². The summed E-state index contributed by atoms with van der Waals surface area (Å²) in [6, 6.07) is 13.8. The van der Waals surface area contributed by atoms with Crippen LogP contribution < -0.4 is 5.32 Å². The van der Waals surface area contributed by atoms with E-state index >= 15 is 0 Å². The molecule has 0 aliphatic carbocycles. The molecule has 0 aliphatic heterocycles. The van der Waals surface area contributed by atoms with Gasteiger partial charge in [-0.05, 0) is 39.0 Å². The molecule has 1 N–H and O–H groups in total. The quantitative estimate of drug-likeness (QED) is 0.825. The first-order valence-corrected chi connectivity index (χ1v) is 8.10. The minimum Gasteiger partial charge on any atom is -0.344 e. The topological polar surface area (TPSA) is 29.1 Å². The molecule has 0 saturated heterocycles. The molecule has 0 radical (unpaired) electrons. The van der Waals surface area contributed by atoms with Crippen LogP contribution in [0.2, 0.25) is 0 Å². The maximum absolute atomic E-state index is 12.4. The summed E-state index contributed by atoms with van der Waals surface area (Å²) < 4.78 is 0.967. The van der Waals surface area contributed by atoms with Crippen molar-refractivity contribution in [1.29, 1.82) is 0 Å². The standard InChI is InChI=1S/C16H18BrNOS/c1-16(2,3)14(11-7-5-4-6-8-11)18-15(19)12-9-10-13(17)20-12/h4-10,14H,1-3H3,(H,18,19). The molecular formula is C16H18BrNOS. The second-order valence-corrected chi connectivity index (χ2v) is 8.25. The molecule has 1 atom stereocenters. The smallest absolute Gasteiger partial charge is 0.261 e. The van der Waals surface area contributed by atoms with Gasteiger partial charge in [0.2, 0.25) is 0 Å². The monoisotopic (exact) mass is 351 g/mol. The number of thiophene rings is 1. The Labute approximate surface area is 132 Å². The number of hydrogen-bond donors (Lipinski definition) is 1. The van der Waals surface area contributed by atoms with E-state index in [1.165, 1.54) is 11.3 Å². The molecular weight excluding hydrogens is 334 g/mol. The van der Waals surface area contributed by atoms with Crippen LogP contribution in [0.5, 0.6) is 0 Å². The third-order valence-electron chi connectivity index (χ3n) is 3.07. The van der Waals surface area contributed by atoms with E-state index in [1.54, 1.807) is 0 Å². The lowest BCUT2D eigenvalue weighted by molar-refractivity contribution is 0.0906. The number of amides is 1. The number of hydrogen-bond acceptors (Lipinski definition) is 2. The fourth-order valence-corrected chi connectivity index (χ4v) is 3.37. The predicted molar refractivity (Wildman–Crippen MR) is 88.1 cm³/mol. The summed E-state index contributed by atoms with van der Waals surface area (Å²) in [5.74, 6) is -0.0236. The van der Waals surface area contributed by atoms with Crippen LogP contribution in [0.3, 0.4) is 0 Å². The van der Waals surface area contributed by atoms with Gasteiger partial charge in [-0.25, -0.2) is 0 Å². The Morgan fingerprint density at radius 3 is 2.30 bits per heavy atom. The van der Waals surface area contributed by atoms with Crippen molar-refractivity contribution in [2.45, 2.75) is 26.8 Å². The number of carbonyl (C=O) groups excluding carboxylic acids is 1. The van der Waals surface area contributed by atoms with E-state index in [-0.39, 0.29) is 17.4 Å². The summed E-state index contributed by atoms with van der Waals surface area (Å²) in [4.78, 5) is 13.1. The summed E-state index contributed by atoms with van der Waals surface area (Å²) in [6.45, 7) is 6.40. The van der Waals surface area contributed by atoms with Gasteiger partial charge in [-0.2, -0.15) is 0 Å². The molecule has 2 rings (SSSR count). The fourth-order valence-electron chi connectivity index (χ4n) is 2.08. The van der Waals surface area contributed by atoms with E-state index in [9.17, 15) is 4.79 Å². The van der Waals surface area contributed by atoms with Crippen molar-refractivity contribution in [2.75, 3.05) is 0 Å². The van der Waals surface area contributed by atoms with Crippen LogP contribution in [0, 0.1) is 5.41 Å². The Balaban J connectivity index is 2.23. The van der Waals surface area contributed by atoms with E-state index < -0.39 is 0 Å². The van der Waals surface area contributed by atoms with Gasteiger partial charge in [-0.1, -0.05) is 51.1 Å². The highest BCUT2D eigenvalue weighted by Crippen LogP contribution is 2.33. The van der Waals surface area contributed by atoms with Crippen LogP contribution in [0.25, 0.3) is 0 Å². The summed E-state index contributed by atoms with van der Waals surface area (Å²) in [5.41, 5.74) is 1.08. The number of halogens is 1. The maximum Gasteiger partial charge on any atom is 0.261 e. The lowest BCUT2D eigenvalue weighted by atomic mass is 9.82. The second kappa shape index (κ2) is 6.10. The molecule has 2 nitrogen and oxygen atoms in total. The molecule has 1 aromatic carbocycles. The highest BCUT2D eigenvalue weighted by Gasteiger charge is 2.28. The lowest BCUT2D eigenvalue weighted by Gasteiger charge is -2.31. The summed E-state index contributed by atoms with van der Waals surface area (Å²) >= 11 is 4.84. The molecule has 0 bridgehead atoms.